The highest BCUT2D eigenvalue weighted by atomic mass is 19.1. The third-order valence-corrected chi connectivity index (χ3v) is 6.52. The van der Waals surface area contributed by atoms with E-state index < -0.39 is 23.3 Å². The molecule has 7 nitrogen and oxygen atoms in total. The summed E-state index contributed by atoms with van der Waals surface area (Å²) in [6, 6.07) is 11.9. The van der Waals surface area contributed by atoms with E-state index in [2.05, 4.69) is 5.32 Å². The number of piperidine rings is 1. The van der Waals surface area contributed by atoms with Crippen molar-refractivity contribution in [2.75, 3.05) is 13.1 Å². The monoisotopic (exact) mass is 453 g/mol. The average Bonchev–Trinajstić information content (AvgIpc) is 3.42. The van der Waals surface area contributed by atoms with Crippen molar-refractivity contribution in [1.82, 2.24) is 15.1 Å². The van der Waals surface area contributed by atoms with E-state index in [4.69, 9.17) is 4.42 Å². The van der Waals surface area contributed by atoms with Crippen molar-refractivity contribution in [3.8, 4) is 0 Å². The summed E-state index contributed by atoms with van der Waals surface area (Å²) in [6.45, 7) is 2.70. The van der Waals surface area contributed by atoms with Crippen molar-refractivity contribution in [3.05, 3.63) is 65.9 Å². The van der Waals surface area contributed by atoms with Gasteiger partial charge in [-0.05, 0) is 49.0 Å². The number of amides is 4. The van der Waals surface area contributed by atoms with E-state index in [-0.39, 0.29) is 18.4 Å². The number of furan rings is 1. The van der Waals surface area contributed by atoms with Gasteiger partial charge in [0.05, 0.1) is 12.8 Å². The molecule has 1 aromatic carbocycles. The molecule has 0 aliphatic carbocycles. The van der Waals surface area contributed by atoms with E-state index in [9.17, 15) is 18.8 Å². The van der Waals surface area contributed by atoms with Gasteiger partial charge in [0.1, 0.15) is 11.3 Å². The van der Waals surface area contributed by atoms with Gasteiger partial charge >= 0.3 is 6.03 Å². The maximum Gasteiger partial charge on any atom is 0.325 e. The number of imide groups is 1. The predicted molar refractivity (Wildman–Crippen MR) is 120 cm³/mol. The van der Waals surface area contributed by atoms with Gasteiger partial charge in [-0.2, -0.15) is 0 Å². The van der Waals surface area contributed by atoms with Crippen LogP contribution in [0.15, 0.2) is 59.0 Å². The summed E-state index contributed by atoms with van der Waals surface area (Å²) in [5.41, 5.74) is -0.387. The lowest BCUT2D eigenvalue weighted by molar-refractivity contribution is -0.136. The number of carbonyl (C=O) groups is 3. The van der Waals surface area contributed by atoms with Gasteiger partial charge in [-0.15, -0.1) is 0 Å². The van der Waals surface area contributed by atoms with Gasteiger partial charge < -0.3 is 14.6 Å². The van der Waals surface area contributed by atoms with Crippen LogP contribution in [0.4, 0.5) is 9.18 Å². The van der Waals surface area contributed by atoms with Crippen LogP contribution < -0.4 is 5.32 Å². The highest BCUT2D eigenvalue weighted by Crippen LogP contribution is 2.38. The van der Waals surface area contributed by atoms with E-state index in [1.807, 2.05) is 13.0 Å². The largest absolute Gasteiger partial charge is 0.467 e. The van der Waals surface area contributed by atoms with E-state index in [0.717, 1.165) is 0 Å². The Balaban J connectivity index is 1.44. The average molecular weight is 454 g/mol. The fourth-order valence-electron chi connectivity index (χ4n) is 4.88. The second kappa shape index (κ2) is 9.60. The van der Waals surface area contributed by atoms with Crippen LogP contribution >= 0.6 is 0 Å². The number of nitrogens with one attached hydrogen (secondary N) is 1. The zero-order valence-electron chi connectivity index (χ0n) is 18.6. The molecular formula is C25H28FN3O4. The van der Waals surface area contributed by atoms with E-state index in [0.29, 0.717) is 50.1 Å². The quantitative estimate of drug-likeness (QED) is 0.505. The molecule has 2 aliphatic rings. The normalized spacial score (nSPS) is 22.1. The maximum atomic E-state index is 14.5. The number of benzene rings is 1. The molecule has 2 aliphatic heterocycles. The smallest absolute Gasteiger partial charge is 0.325 e. The first-order valence-corrected chi connectivity index (χ1v) is 11.3. The molecule has 0 spiro atoms. The molecule has 0 bridgehead atoms. The Hall–Kier alpha value is -3.42. The Kier molecular flexibility index (Phi) is 6.62. The second-order valence-electron chi connectivity index (χ2n) is 8.59. The van der Waals surface area contributed by atoms with Gasteiger partial charge in [0.15, 0.2) is 5.83 Å². The lowest BCUT2D eigenvalue weighted by Crippen LogP contribution is -2.56. The minimum absolute atomic E-state index is 0.0793. The first-order chi connectivity index (χ1) is 15.9. The number of nitrogens with zero attached hydrogens (tertiary/aromatic N) is 2. The number of halogens is 1. The fraction of sp³-hybridized carbons (Fsp3) is 0.400. The van der Waals surface area contributed by atoms with Gasteiger partial charge in [-0.25, -0.2) is 9.18 Å². The number of hydrogen-bond donors (Lipinski definition) is 1. The van der Waals surface area contributed by atoms with Crippen LogP contribution in [0.1, 0.15) is 43.9 Å². The molecule has 1 atom stereocenters. The van der Waals surface area contributed by atoms with Crippen LogP contribution in [0.3, 0.4) is 0 Å². The SMILES string of the molecule is CCCC1(C2CCN(C(=O)/C(F)=C/c3ccccc3)CC2)NC(=O)N(Cc2ccco2)C1=O. The van der Waals surface area contributed by atoms with Crippen LogP contribution in [0, 0.1) is 5.92 Å². The lowest BCUT2D eigenvalue weighted by Gasteiger charge is -2.40. The van der Waals surface area contributed by atoms with Gasteiger partial charge in [0.2, 0.25) is 0 Å². The Labute approximate surface area is 192 Å². The molecule has 1 aromatic heterocycles. The molecule has 4 rings (SSSR count). The van der Waals surface area contributed by atoms with E-state index >= 15 is 0 Å². The number of likely N-dealkylation sites (tertiary alicyclic amines) is 1. The summed E-state index contributed by atoms with van der Waals surface area (Å²) < 4.78 is 19.9. The van der Waals surface area contributed by atoms with E-state index in [1.54, 1.807) is 36.4 Å². The van der Waals surface area contributed by atoms with Crippen LogP contribution in [0.2, 0.25) is 0 Å². The van der Waals surface area contributed by atoms with Crippen molar-refractivity contribution in [2.45, 2.75) is 44.7 Å². The summed E-state index contributed by atoms with van der Waals surface area (Å²) in [5.74, 6) is -1.32. The van der Waals surface area contributed by atoms with Gasteiger partial charge in [0.25, 0.3) is 11.8 Å². The molecule has 174 valence electrons. The van der Waals surface area contributed by atoms with Crippen LogP contribution in [0.25, 0.3) is 6.08 Å². The third-order valence-electron chi connectivity index (χ3n) is 6.52. The number of carbonyl (C=O) groups excluding carboxylic acids is 3. The maximum absolute atomic E-state index is 14.5. The van der Waals surface area contributed by atoms with Crippen LogP contribution in [-0.2, 0) is 16.1 Å². The van der Waals surface area contributed by atoms with Crippen molar-refractivity contribution in [2.24, 2.45) is 5.92 Å². The summed E-state index contributed by atoms with van der Waals surface area (Å²) in [6.07, 6.45) is 4.97. The molecule has 1 unspecified atom stereocenters. The second-order valence-corrected chi connectivity index (χ2v) is 8.59. The van der Waals surface area contributed by atoms with Crippen molar-refractivity contribution >= 4 is 23.9 Å². The van der Waals surface area contributed by atoms with Gasteiger partial charge in [-0.1, -0.05) is 43.7 Å². The standard InChI is InChI=1S/C25H28FN3O4/c1-2-12-25(23(31)29(24(32)27-25)17-20-9-6-15-33-20)19-10-13-28(14-11-19)22(30)21(26)16-18-7-4-3-5-8-18/h3-9,15-16,19H,2,10-14,17H2,1H3,(H,27,32)/b21-16-. The van der Waals surface area contributed by atoms with E-state index in [1.165, 1.54) is 22.1 Å². The first kappa shape index (κ1) is 22.8. The number of rotatable bonds is 7. The lowest BCUT2D eigenvalue weighted by atomic mass is 9.74. The molecule has 0 radical (unpaired) electrons. The minimum atomic E-state index is -1.01. The highest BCUT2D eigenvalue weighted by Gasteiger charge is 2.55. The third kappa shape index (κ3) is 4.55. The molecule has 3 heterocycles. The van der Waals surface area contributed by atoms with Crippen LogP contribution in [-0.4, -0.2) is 46.3 Å². The number of urea groups is 1. The molecule has 8 heteroatoms. The van der Waals surface area contributed by atoms with Crippen molar-refractivity contribution in [3.63, 3.8) is 0 Å². The number of hydrogen-bond acceptors (Lipinski definition) is 4. The molecule has 4 amide bonds. The molecule has 0 saturated carbocycles. The molecule has 33 heavy (non-hydrogen) atoms. The fourth-order valence-corrected chi connectivity index (χ4v) is 4.88. The minimum Gasteiger partial charge on any atom is -0.467 e. The molecule has 2 fully saturated rings. The van der Waals surface area contributed by atoms with Gasteiger partial charge in [0, 0.05) is 13.1 Å². The molecule has 2 saturated heterocycles. The predicted octanol–water partition coefficient (Wildman–Crippen LogP) is 4.12. The Morgan fingerprint density at radius 3 is 2.55 bits per heavy atom. The zero-order valence-corrected chi connectivity index (χ0v) is 18.6. The Morgan fingerprint density at radius 1 is 1.18 bits per heavy atom. The van der Waals surface area contributed by atoms with Crippen molar-refractivity contribution in [1.29, 1.82) is 0 Å². The van der Waals surface area contributed by atoms with Gasteiger partial charge in [-0.3, -0.25) is 14.5 Å². The van der Waals surface area contributed by atoms with Crippen molar-refractivity contribution < 1.29 is 23.2 Å². The molecule has 2 aromatic rings. The zero-order chi connectivity index (χ0) is 23.4. The Morgan fingerprint density at radius 2 is 1.91 bits per heavy atom. The summed E-state index contributed by atoms with van der Waals surface area (Å²) in [4.78, 5) is 41.4. The highest BCUT2D eigenvalue weighted by molar-refractivity contribution is 6.07. The van der Waals surface area contributed by atoms with Crippen LogP contribution in [0.5, 0.6) is 0 Å². The first-order valence-electron chi connectivity index (χ1n) is 11.3. The summed E-state index contributed by atoms with van der Waals surface area (Å²) in [7, 11) is 0. The topological polar surface area (TPSA) is 82.9 Å². The summed E-state index contributed by atoms with van der Waals surface area (Å²) in [5, 5.41) is 2.96. The summed E-state index contributed by atoms with van der Waals surface area (Å²) >= 11 is 0. The molecule has 1 N–H and O–H groups in total. The Bertz CT molecular complexity index is 1030. The molecular weight excluding hydrogens is 425 g/mol.